The van der Waals surface area contributed by atoms with Crippen LogP contribution in [-0.2, 0) is 19.6 Å². The fourth-order valence-electron chi connectivity index (χ4n) is 1.97. The largest absolute Gasteiger partial charge is 0.390 e. The lowest BCUT2D eigenvalue weighted by Crippen LogP contribution is -2.07. The maximum absolute atomic E-state index is 12.9. The Balaban J connectivity index is 2.21. The van der Waals surface area contributed by atoms with Gasteiger partial charge in [0.1, 0.15) is 11.5 Å². The number of benzene rings is 1. The van der Waals surface area contributed by atoms with Crippen molar-refractivity contribution < 1.29 is 9.50 Å². The van der Waals surface area contributed by atoms with E-state index in [1.165, 1.54) is 12.1 Å². The first kappa shape index (κ1) is 13.7. The van der Waals surface area contributed by atoms with Crippen LogP contribution < -0.4 is 0 Å². The number of aliphatic hydroxyl groups excluding tert-OH is 1. The topological polar surface area (TPSA) is 50.9 Å². The van der Waals surface area contributed by atoms with E-state index < -0.39 is 0 Å². The average molecular weight is 263 g/mol. The number of nitrogens with zero attached hydrogens (tertiary/aromatic N) is 3. The van der Waals surface area contributed by atoms with E-state index in [4.69, 9.17) is 0 Å². The first-order valence-corrected chi connectivity index (χ1v) is 6.51. The first-order chi connectivity index (χ1) is 9.24. The van der Waals surface area contributed by atoms with Crippen LogP contribution in [0.3, 0.4) is 0 Å². The molecule has 19 heavy (non-hydrogen) atoms. The second-order valence-electron chi connectivity index (χ2n) is 4.52. The van der Waals surface area contributed by atoms with Gasteiger partial charge in [0, 0.05) is 13.0 Å². The lowest BCUT2D eigenvalue weighted by atomic mass is 10.1. The maximum Gasteiger partial charge on any atom is 0.123 e. The summed E-state index contributed by atoms with van der Waals surface area (Å²) < 4.78 is 14.7. The summed E-state index contributed by atoms with van der Waals surface area (Å²) in [6.07, 6.45) is 2.70. The summed E-state index contributed by atoms with van der Waals surface area (Å²) in [4.78, 5) is 0. The Morgan fingerprint density at radius 1 is 1.26 bits per heavy atom. The van der Waals surface area contributed by atoms with Gasteiger partial charge in [0.15, 0.2) is 0 Å². The SMILES string of the molecule is CCCCn1nnc(CO)c1Cc1ccc(F)cc1. The van der Waals surface area contributed by atoms with Crippen LogP contribution >= 0.6 is 0 Å². The predicted octanol–water partition coefficient (Wildman–Crippen LogP) is 2.30. The highest BCUT2D eigenvalue weighted by Crippen LogP contribution is 2.14. The molecule has 0 saturated heterocycles. The second-order valence-corrected chi connectivity index (χ2v) is 4.52. The van der Waals surface area contributed by atoms with Crippen molar-refractivity contribution in [1.29, 1.82) is 0 Å². The quantitative estimate of drug-likeness (QED) is 0.870. The third-order valence-electron chi connectivity index (χ3n) is 3.08. The van der Waals surface area contributed by atoms with Gasteiger partial charge in [-0.1, -0.05) is 30.7 Å². The normalized spacial score (nSPS) is 10.9. The van der Waals surface area contributed by atoms with Crippen molar-refractivity contribution in [3.63, 3.8) is 0 Å². The zero-order valence-corrected chi connectivity index (χ0v) is 11.0. The van der Waals surface area contributed by atoms with Crippen LogP contribution in [0.1, 0.15) is 36.7 Å². The summed E-state index contributed by atoms with van der Waals surface area (Å²) in [5.41, 5.74) is 2.49. The molecule has 1 aromatic carbocycles. The number of hydrogen-bond acceptors (Lipinski definition) is 3. The van der Waals surface area contributed by atoms with E-state index >= 15 is 0 Å². The molecule has 0 saturated carbocycles. The average Bonchev–Trinajstić information content (AvgIpc) is 2.81. The highest BCUT2D eigenvalue weighted by atomic mass is 19.1. The molecule has 0 unspecified atom stereocenters. The summed E-state index contributed by atoms with van der Waals surface area (Å²) >= 11 is 0. The zero-order valence-electron chi connectivity index (χ0n) is 11.0. The minimum absolute atomic E-state index is 0.122. The summed E-state index contributed by atoms with van der Waals surface area (Å²) in [6, 6.07) is 6.36. The highest BCUT2D eigenvalue weighted by Gasteiger charge is 2.12. The molecule has 0 fully saturated rings. The van der Waals surface area contributed by atoms with Gasteiger partial charge in [0.25, 0.3) is 0 Å². The predicted molar refractivity (Wildman–Crippen MR) is 70.1 cm³/mol. The van der Waals surface area contributed by atoms with Crippen LogP contribution in [0.25, 0.3) is 0 Å². The Kier molecular flexibility index (Phi) is 4.63. The van der Waals surface area contributed by atoms with Gasteiger partial charge in [-0.3, -0.25) is 0 Å². The summed E-state index contributed by atoms with van der Waals surface area (Å²) in [6.45, 7) is 2.78. The molecule has 0 aliphatic carbocycles. The smallest absolute Gasteiger partial charge is 0.123 e. The van der Waals surface area contributed by atoms with E-state index in [1.807, 2.05) is 4.68 Å². The van der Waals surface area contributed by atoms with E-state index in [9.17, 15) is 9.50 Å². The van der Waals surface area contributed by atoms with Gasteiger partial charge in [-0.2, -0.15) is 0 Å². The molecule has 1 aromatic heterocycles. The number of aromatic nitrogens is 3. The number of hydrogen-bond donors (Lipinski definition) is 1. The van der Waals surface area contributed by atoms with Crippen molar-refractivity contribution in [2.24, 2.45) is 0 Å². The lowest BCUT2D eigenvalue weighted by molar-refractivity contribution is 0.275. The Morgan fingerprint density at radius 2 is 2.00 bits per heavy atom. The van der Waals surface area contributed by atoms with Crippen LogP contribution in [-0.4, -0.2) is 20.1 Å². The zero-order chi connectivity index (χ0) is 13.7. The van der Waals surface area contributed by atoms with Crippen LogP contribution in [0.4, 0.5) is 4.39 Å². The molecule has 2 aromatic rings. The molecule has 0 amide bonds. The summed E-state index contributed by atoms with van der Waals surface area (Å²) in [7, 11) is 0. The van der Waals surface area contributed by atoms with Crippen molar-refractivity contribution in [2.75, 3.05) is 0 Å². The van der Waals surface area contributed by atoms with Gasteiger partial charge in [-0.25, -0.2) is 9.07 Å². The molecule has 0 spiro atoms. The number of halogens is 1. The molecule has 0 atom stereocenters. The van der Waals surface area contributed by atoms with Gasteiger partial charge in [-0.05, 0) is 24.1 Å². The van der Waals surface area contributed by atoms with Crippen LogP contribution in [0.2, 0.25) is 0 Å². The molecule has 0 radical (unpaired) electrons. The van der Waals surface area contributed by atoms with Crippen molar-refractivity contribution >= 4 is 0 Å². The lowest BCUT2D eigenvalue weighted by Gasteiger charge is -2.07. The number of unbranched alkanes of at least 4 members (excludes halogenated alkanes) is 1. The second kappa shape index (κ2) is 6.43. The monoisotopic (exact) mass is 263 g/mol. The van der Waals surface area contributed by atoms with E-state index in [0.29, 0.717) is 12.1 Å². The third-order valence-corrected chi connectivity index (χ3v) is 3.08. The van der Waals surface area contributed by atoms with Crippen LogP contribution in [0.5, 0.6) is 0 Å². The van der Waals surface area contributed by atoms with E-state index in [0.717, 1.165) is 30.6 Å². The molecular weight excluding hydrogens is 245 g/mol. The highest BCUT2D eigenvalue weighted by molar-refractivity contribution is 5.24. The minimum Gasteiger partial charge on any atom is -0.390 e. The maximum atomic E-state index is 12.9. The molecule has 5 heteroatoms. The van der Waals surface area contributed by atoms with E-state index in [1.54, 1.807) is 12.1 Å². The Labute approximate surface area is 111 Å². The van der Waals surface area contributed by atoms with Gasteiger partial charge >= 0.3 is 0 Å². The van der Waals surface area contributed by atoms with Crippen molar-refractivity contribution in [2.45, 2.75) is 39.3 Å². The molecule has 4 nitrogen and oxygen atoms in total. The third kappa shape index (κ3) is 3.38. The fraction of sp³-hybridized carbons (Fsp3) is 0.429. The summed E-state index contributed by atoms with van der Waals surface area (Å²) in [5.74, 6) is -0.247. The van der Waals surface area contributed by atoms with Crippen molar-refractivity contribution in [3.05, 3.63) is 47.0 Å². The fourth-order valence-corrected chi connectivity index (χ4v) is 1.97. The standard InChI is InChI=1S/C14H18FN3O/c1-2-3-8-18-14(13(10-19)16-17-18)9-11-4-6-12(15)7-5-11/h4-7,19H,2-3,8-10H2,1H3. The van der Waals surface area contributed by atoms with Gasteiger partial charge < -0.3 is 5.11 Å². The number of aryl methyl sites for hydroxylation is 1. The van der Waals surface area contributed by atoms with Crippen molar-refractivity contribution in [3.8, 4) is 0 Å². The van der Waals surface area contributed by atoms with Crippen LogP contribution in [0, 0.1) is 5.82 Å². The van der Waals surface area contributed by atoms with Gasteiger partial charge in [0.05, 0.1) is 12.3 Å². The molecule has 1 heterocycles. The van der Waals surface area contributed by atoms with Crippen molar-refractivity contribution in [1.82, 2.24) is 15.0 Å². The van der Waals surface area contributed by atoms with E-state index in [-0.39, 0.29) is 12.4 Å². The molecular formula is C14H18FN3O. The van der Waals surface area contributed by atoms with Gasteiger partial charge in [-0.15, -0.1) is 5.10 Å². The summed E-state index contributed by atoms with van der Waals surface area (Å²) in [5, 5.41) is 17.4. The Morgan fingerprint density at radius 3 is 2.63 bits per heavy atom. The molecule has 0 bridgehead atoms. The molecule has 102 valence electrons. The molecule has 1 N–H and O–H groups in total. The number of rotatable bonds is 6. The Bertz CT molecular complexity index is 522. The van der Waals surface area contributed by atoms with Gasteiger partial charge in [0.2, 0.25) is 0 Å². The minimum atomic E-state index is -0.247. The first-order valence-electron chi connectivity index (χ1n) is 6.51. The molecule has 0 aliphatic rings. The number of aliphatic hydroxyl groups is 1. The van der Waals surface area contributed by atoms with E-state index in [2.05, 4.69) is 17.2 Å². The molecule has 2 rings (SSSR count). The Hall–Kier alpha value is -1.75. The molecule has 0 aliphatic heterocycles. The van der Waals surface area contributed by atoms with Crippen LogP contribution in [0.15, 0.2) is 24.3 Å².